The normalized spacial score (nSPS) is 16.4. The molecule has 0 radical (unpaired) electrons. The molecule has 0 aliphatic carbocycles. The molecule has 0 N–H and O–H groups in total. The number of thiazole rings is 1. The van der Waals surface area contributed by atoms with E-state index in [2.05, 4.69) is 17.9 Å². The predicted molar refractivity (Wildman–Crippen MR) is 128 cm³/mol. The van der Waals surface area contributed by atoms with E-state index in [0.29, 0.717) is 11.5 Å². The Hall–Kier alpha value is -2.37. The summed E-state index contributed by atoms with van der Waals surface area (Å²) >= 11 is 7.81. The molecule has 31 heavy (non-hydrogen) atoms. The zero-order valence-electron chi connectivity index (χ0n) is 17.9. The zero-order valence-corrected chi connectivity index (χ0v) is 19.5. The van der Waals surface area contributed by atoms with Crippen molar-refractivity contribution in [2.24, 2.45) is 5.92 Å². The minimum Gasteiger partial charge on any atom is -0.465 e. The lowest BCUT2D eigenvalue weighted by Crippen LogP contribution is -2.35. The van der Waals surface area contributed by atoms with Gasteiger partial charge in [-0.2, -0.15) is 0 Å². The van der Waals surface area contributed by atoms with Gasteiger partial charge in [0.2, 0.25) is 0 Å². The van der Waals surface area contributed by atoms with Crippen LogP contribution in [0.3, 0.4) is 0 Å². The lowest BCUT2D eigenvalue weighted by atomic mass is 9.92. The first kappa shape index (κ1) is 21.8. The zero-order chi connectivity index (χ0) is 21.8. The minimum atomic E-state index is -0.285. The van der Waals surface area contributed by atoms with E-state index in [1.54, 1.807) is 11.3 Å². The summed E-state index contributed by atoms with van der Waals surface area (Å²) in [7, 11) is 1.42. The molecule has 6 heteroatoms. The first-order valence-corrected chi connectivity index (χ1v) is 11.9. The molecule has 4 nitrogen and oxygen atoms in total. The molecule has 1 unspecified atom stereocenters. The Morgan fingerprint density at radius 1 is 1.26 bits per heavy atom. The monoisotopic (exact) mass is 454 g/mol. The van der Waals surface area contributed by atoms with Crippen molar-refractivity contribution in [2.45, 2.75) is 32.6 Å². The van der Waals surface area contributed by atoms with Crippen molar-refractivity contribution < 1.29 is 9.53 Å². The Labute approximate surface area is 192 Å². The summed E-state index contributed by atoms with van der Waals surface area (Å²) < 4.78 is 4.87. The van der Waals surface area contributed by atoms with Crippen molar-refractivity contribution in [3.63, 3.8) is 0 Å². The second-order valence-electron chi connectivity index (χ2n) is 8.07. The van der Waals surface area contributed by atoms with Crippen LogP contribution in [0.25, 0.3) is 10.6 Å². The molecule has 1 atom stereocenters. The number of carbonyl (C=O) groups is 1. The van der Waals surface area contributed by atoms with Gasteiger partial charge in [0.1, 0.15) is 5.01 Å². The lowest BCUT2D eigenvalue weighted by molar-refractivity contribution is 0.0600. The highest BCUT2D eigenvalue weighted by molar-refractivity contribution is 7.15. The number of carbonyl (C=O) groups excluding carboxylic acids is 1. The molecule has 0 amide bonds. The molecule has 1 aliphatic heterocycles. The van der Waals surface area contributed by atoms with Gasteiger partial charge in [-0.1, -0.05) is 29.8 Å². The van der Waals surface area contributed by atoms with Crippen molar-refractivity contribution in [1.29, 1.82) is 0 Å². The third-order valence-electron chi connectivity index (χ3n) is 5.91. The third kappa shape index (κ3) is 5.28. The van der Waals surface area contributed by atoms with Gasteiger partial charge in [-0.15, -0.1) is 11.3 Å². The van der Waals surface area contributed by atoms with Crippen LogP contribution in [0.5, 0.6) is 0 Å². The Balaban J connectivity index is 1.39. The maximum Gasteiger partial charge on any atom is 0.337 e. The number of hydrogen-bond donors (Lipinski definition) is 0. The average Bonchev–Trinajstić information content (AvgIpc) is 3.18. The number of esters is 1. The van der Waals surface area contributed by atoms with Crippen LogP contribution in [0.4, 0.5) is 5.69 Å². The van der Waals surface area contributed by atoms with Gasteiger partial charge in [0, 0.05) is 34.2 Å². The topological polar surface area (TPSA) is 42.4 Å². The molecule has 4 rings (SSSR count). The van der Waals surface area contributed by atoms with Crippen LogP contribution >= 0.6 is 22.9 Å². The molecule has 0 spiro atoms. The molecule has 3 aromatic rings. The summed E-state index contributed by atoms with van der Waals surface area (Å²) in [6.07, 6.45) is 4.62. The highest BCUT2D eigenvalue weighted by atomic mass is 35.5. The van der Waals surface area contributed by atoms with Crippen LogP contribution in [0.15, 0.2) is 48.5 Å². The summed E-state index contributed by atoms with van der Waals surface area (Å²) in [5.74, 6) is 0.351. The average molecular weight is 455 g/mol. The van der Waals surface area contributed by atoms with Gasteiger partial charge in [0.25, 0.3) is 0 Å². The molecule has 1 aromatic heterocycles. The second kappa shape index (κ2) is 9.84. The second-order valence-corrected chi connectivity index (χ2v) is 9.59. The molecule has 1 aliphatic rings. The maximum absolute atomic E-state index is 11.9. The van der Waals surface area contributed by atoms with Crippen molar-refractivity contribution in [2.75, 3.05) is 25.1 Å². The molecule has 0 saturated carbocycles. The van der Waals surface area contributed by atoms with Gasteiger partial charge in [0.05, 0.1) is 18.4 Å². The molecular formula is C25H27ClN2O2S. The third-order valence-corrected chi connectivity index (χ3v) is 7.43. The van der Waals surface area contributed by atoms with Crippen molar-refractivity contribution >= 4 is 34.6 Å². The van der Waals surface area contributed by atoms with Crippen molar-refractivity contribution in [3.8, 4) is 10.6 Å². The fourth-order valence-corrected chi connectivity index (χ4v) is 5.40. The first-order valence-electron chi connectivity index (χ1n) is 10.7. The lowest BCUT2D eigenvalue weighted by Gasteiger charge is -2.34. The van der Waals surface area contributed by atoms with Gasteiger partial charge in [0.15, 0.2) is 0 Å². The van der Waals surface area contributed by atoms with Gasteiger partial charge in [-0.25, -0.2) is 9.78 Å². The number of hydrogen-bond acceptors (Lipinski definition) is 5. The summed E-state index contributed by atoms with van der Waals surface area (Å²) in [6.45, 7) is 4.16. The Bertz CT molecular complexity index is 1050. The van der Waals surface area contributed by atoms with Crippen LogP contribution in [-0.4, -0.2) is 31.2 Å². The Kier molecular flexibility index (Phi) is 6.93. The number of aromatic nitrogens is 1. The summed E-state index contributed by atoms with van der Waals surface area (Å²) in [5.41, 5.74) is 3.97. The van der Waals surface area contributed by atoms with Crippen molar-refractivity contribution in [1.82, 2.24) is 4.98 Å². The number of ether oxygens (including phenoxy) is 1. The van der Waals surface area contributed by atoms with E-state index in [1.165, 1.54) is 24.8 Å². The van der Waals surface area contributed by atoms with Crippen molar-refractivity contribution in [3.05, 3.63) is 69.7 Å². The molecule has 1 saturated heterocycles. The number of anilines is 1. The molecule has 2 heterocycles. The number of benzene rings is 2. The highest BCUT2D eigenvalue weighted by Crippen LogP contribution is 2.32. The standard InChI is InChI=1S/C25H27ClN2O2S/c1-17-23(31-24(27-17)19-9-11-21(26)12-10-19)13-8-18-5-4-14-28(16-18)22-7-3-6-20(15-22)25(29)30-2/h3,6-7,9-12,15,18H,4-5,8,13-14,16H2,1-2H3. The number of aryl methyl sites for hydroxylation is 2. The van der Waals surface area contributed by atoms with E-state index >= 15 is 0 Å². The number of piperidine rings is 1. The fraction of sp³-hybridized carbons (Fsp3) is 0.360. The van der Waals surface area contributed by atoms with E-state index in [9.17, 15) is 4.79 Å². The molecule has 1 fully saturated rings. The summed E-state index contributed by atoms with van der Waals surface area (Å²) in [4.78, 5) is 20.4. The molecule has 2 aromatic carbocycles. The Morgan fingerprint density at radius 2 is 2.06 bits per heavy atom. The Morgan fingerprint density at radius 3 is 2.84 bits per heavy atom. The van der Waals surface area contributed by atoms with E-state index in [0.717, 1.165) is 52.9 Å². The smallest absolute Gasteiger partial charge is 0.337 e. The van der Waals surface area contributed by atoms with E-state index in [4.69, 9.17) is 21.3 Å². The fourth-order valence-electron chi connectivity index (χ4n) is 4.19. The molecule has 0 bridgehead atoms. The van der Waals surface area contributed by atoms with Crippen LogP contribution < -0.4 is 4.90 Å². The van der Waals surface area contributed by atoms with Crippen LogP contribution in [-0.2, 0) is 11.2 Å². The first-order chi connectivity index (χ1) is 15.0. The number of nitrogens with zero attached hydrogens (tertiary/aromatic N) is 2. The number of halogens is 1. The summed E-state index contributed by atoms with van der Waals surface area (Å²) in [5, 5.41) is 1.81. The van der Waals surface area contributed by atoms with E-state index in [1.807, 2.05) is 42.5 Å². The van der Waals surface area contributed by atoms with Gasteiger partial charge >= 0.3 is 5.97 Å². The molecule has 162 valence electrons. The largest absolute Gasteiger partial charge is 0.465 e. The highest BCUT2D eigenvalue weighted by Gasteiger charge is 2.22. The van der Waals surface area contributed by atoms with E-state index < -0.39 is 0 Å². The minimum absolute atomic E-state index is 0.285. The quantitative estimate of drug-likeness (QED) is 0.404. The van der Waals surface area contributed by atoms with Gasteiger partial charge < -0.3 is 9.64 Å². The number of rotatable bonds is 6. The maximum atomic E-state index is 11.9. The SMILES string of the molecule is COC(=O)c1cccc(N2CCCC(CCc3sc(-c4ccc(Cl)cc4)nc3C)C2)c1. The van der Waals surface area contributed by atoms with Gasteiger partial charge in [-0.3, -0.25) is 0 Å². The van der Waals surface area contributed by atoms with Crippen LogP contribution in [0.2, 0.25) is 5.02 Å². The van der Waals surface area contributed by atoms with E-state index in [-0.39, 0.29) is 5.97 Å². The number of methoxy groups -OCH3 is 1. The van der Waals surface area contributed by atoms with Crippen LogP contribution in [0.1, 0.15) is 40.2 Å². The summed E-state index contributed by atoms with van der Waals surface area (Å²) in [6, 6.07) is 15.7. The predicted octanol–water partition coefficient (Wildman–Crippen LogP) is 6.41. The van der Waals surface area contributed by atoms with Crippen LogP contribution in [0, 0.1) is 12.8 Å². The van der Waals surface area contributed by atoms with Gasteiger partial charge in [-0.05, 0) is 68.9 Å². The molecular weight excluding hydrogens is 428 g/mol.